The lowest BCUT2D eigenvalue weighted by Gasteiger charge is -2.24. The third kappa shape index (κ3) is 5.61. The summed E-state index contributed by atoms with van der Waals surface area (Å²) in [5, 5.41) is 2.73. The molecule has 0 fully saturated rings. The molecule has 8 heteroatoms. The number of aryl methyl sites for hydroxylation is 1. The predicted molar refractivity (Wildman–Crippen MR) is 117 cm³/mol. The first kappa shape index (κ1) is 22.3. The summed E-state index contributed by atoms with van der Waals surface area (Å²) < 4.78 is 46.0. The fourth-order valence-corrected chi connectivity index (χ4v) is 4.31. The van der Waals surface area contributed by atoms with Crippen molar-refractivity contribution in [1.29, 1.82) is 0 Å². The summed E-state index contributed by atoms with van der Waals surface area (Å²) in [6.07, 6.45) is 0. The van der Waals surface area contributed by atoms with Gasteiger partial charge < -0.3 is 10.1 Å². The van der Waals surface area contributed by atoms with Crippen molar-refractivity contribution in [3.63, 3.8) is 0 Å². The molecule has 3 aromatic rings. The summed E-state index contributed by atoms with van der Waals surface area (Å²) in [5.41, 5.74) is 2.18. The summed E-state index contributed by atoms with van der Waals surface area (Å²) in [5.74, 6) is -0.487. The van der Waals surface area contributed by atoms with Crippen molar-refractivity contribution in [3.8, 4) is 5.75 Å². The van der Waals surface area contributed by atoms with Gasteiger partial charge in [0.25, 0.3) is 10.0 Å². The van der Waals surface area contributed by atoms with E-state index in [0.717, 1.165) is 27.6 Å². The van der Waals surface area contributed by atoms with Gasteiger partial charge in [-0.3, -0.25) is 9.10 Å². The second kappa shape index (κ2) is 9.61. The van der Waals surface area contributed by atoms with Gasteiger partial charge in [0.2, 0.25) is 5.91 Å². The number of nitrogens with one attached hydrogen (secondary N) is 1. The number of benzene rings is 3. The molecule has 31 heavy (non-hydrogen) atoms. The second-order valence-electron chi connectivity index (χ2n) is 6.93. The third-order valence-electron chi connectivity index (χ3n) is 4.66. The van der Waals surface area contributed by atoms with Crippen molar-refractivity contribution >= 4 is 21.6 Å². The van der Waals surface area contributed by atoms with Crippen molar-refractivity contribution < 1.29 is 22.3 Å². The minimum atomic E-state index is -4.08. The Hall–Kier alpha value is -3.39. The van der Waals surface area contributed by atoms with Crippen molar-refractivity contribution in [2.24, 2.45) is 0 Å². The molecule has 162 valence electrons. The number of ether oxygens (including phenoxy) is 1. The van der Waals surface area contributed by atoms with E-state index in [9.17, 15) is 17.6 Å². The van der Waals surface area contributed by atoms with E-state index < -0.39 is 28.3 Å². The molecule has 0 aromatic heterocycles. The summed E-state index contributed by atoms with van der Waals surface area (Å²) >= 11 is 0. The molecule has 0 saturated heterocycles. The van der Waals surface area contributed by atoms with Gasteiger partial charge in [0.05, 0.1) is 17.7 Å². The standard InChI is InChI=1S/C23H23FN2O4S/c1-17-3-5-18(6-4-17)15-25-23(27)16-26(20-9-7-19(24)8-10-20)31(28,29)22-13-11-21(30-2)12-14-22/h3-14H,15-16H2,1-2H3,(H,25,27). The minimum absolute atomic E-state index is 0.0102. The Bertz CT molecular complexity index is 1130. The number of rotatable bonds is 8. The van der Waals surface area contributed by atoms with Crippen LogP contribution in [0.3, 0.4) is 0 Å². The lowest BCUT2D eigenvalue weighted by atomic mass is 10.1. The Kier molecular flexibility index (Phi) is 6.91. The number of anilines is 1. The lowest BCUT2D eigenvalue weighted by molar-refractivity contribution is -0.119. The van der Waals surface area contributed by atoms with Crippen molar-refractivity contribution in [2.45, 2.75) is 18.4 Å². The Morgan fingerprint density at radius 2 is 1.58 bits per heavy atom. The van der Waals surface area contributed by atoms with Gasteiger partial charge in [-0.25, -0.2) is 12.8 Å². The molecule has 3 aromatic carbocycles. The number of amides is 1. The zero-order valence-electron chi connectivity index (χ0n) is 17.2. The van der Waals surface area contributed by atoms with Crippen LogP contribution in [0.2, 0.25) is 0 Å². The fourth-order valence-electron chi connectivity index (χ4n) is 2.89. The SMILES string of the molecule is COc1ccc(S(=O)(=O)N(CC(=O)NCc2ccc(C)cc2)c2ccc(F)cc2)cc1. The number of hydrogen-bond acceptors (Lipinski definition) is 4. The number of sulfonamides is 1. The number of carbonyl (C=O) groups excluding carboxylic acids is 1. The number of halogens is 1. The first-order valence-corrected chi connectivity index (χ1v) is 11.0. The van der Waals surface area contributed by atoms with E-state index in [1.54, 1.807) is 0 Å². The quantitative estimate of drug-likeness (QED) is 0.578. The predicted octanol–water partition coefficient (Wildman–Crippen LogP) is 3.65. The van der Waals surface area contributed by atoms with E-state index in [1.807, 2.05) is 31.2 Å². The van der Waals surface area contributed by atoms with Crippen LogP contribution in [0.5, 0.6) is 5.75 Å². The molecule has 0 aliphatic heterocycles. The smallest absolute Gasteiger partial charge is 0.264 e. The molecule has 0 spiro atoms. The van der Waals surface area contributed by atoms with Gasteiger partial charge in [-0.2, -0.15) is 0 Å². The Balaban J connectivity index is 1.84. The molecule has 0 aliphatic carbocycles. The van der Waals surface area contributed by atoms with Gasteiger partial charge in [0, 0.05) is 6.54 Å². The summed E-state index contributed by atoms with van der Waals surface area (Å²) in [6.45, 7) is 1.78. The Labute approximate surface area is 181 Å². The Morgan fingerprint density at radius 1 is 0.968 bits per heavy atom. The minimum Gasteiger partial charge on any atom is -0.497 e. The molecule has 3 rings (SSSR count). The first-order valence-electron chi connectivity index (χ1n) is 9.54. The third-order valence-corrected chi connectivity index (χ3v) is 6.45. The number of hydrogen-bond donors (Lipinski definition) is 1. The molecule has 6 nitrogen and oxygen atoms in total. The highest BCUT2D eigenvalue weighted by molar-refractivity contribution is 7.92. The van der Waals surface area contributed by atoms with Gasteiger partial charge in [0.15, 0.2) is 0 Å². The van der Waals surface area contributed by atoms with Gasteiger partial charge in [-0.15, -0.1) is 0 Å². The maximum Gasteiger partial charge on any atom is 0.264 e. The van der Waals surface area contributed by atoms with Crippen LogP contribution in [-0.2, 0) is 21.4 Å². The zero-order chi connectivity index (χ0) is 22.4. The van der Waals surface area contributed by atoms with Crippen molar-refractivity contribution in [3.05, 3.63) is 89.7 Å². The average Bonchev–Trinajstić information content (AvgIpc) is 2.78. The van der Waals surface area contributed by atoms with Gasteiger partial charge in [0.1, 0.15) is 18.1 Å². The summed E-state index contributed by atoms with van der Waals surface area (Å²) in [7, 11) is -2.60. The first-order chi connectivity index (χ1) is 14.8. The average molecular weight is 443 g/mol. The topological polar surface area (TPSA) is 75.7 Å². The van der Waals surface area contributed by atoms with Gasteiger partial charge in [-0.05, 0) is 61.0 Å². The van der Waals surface area contributed by atoms with E-state index in [-0.39, 0.29) is 17.1 Å². The molecule has 1 N–H and O–H groups in total. The fraction of sp³-hybridized carbons (Fsp3) is 0.174. The largest absolute Gasteiger partial charge is 0.497 e. The molecular formula is C23H23FN2O4S. The zero-order valence-corrected chi connectivity index (χ0v) is 18.0. The summed E-state index contributed by atoms with van der Waals surface area (Å²) in [6, 6.07) is 18.4. The van der Waals surface area contributed by atoms with Crippen LogP contribution in [0.25, 0.3) is 0 Å². The molecule has 0 radical (unpaired) electrons. The van der Waals surface area contributed by atoms with Crippen LogP contribution in [0.4, 0.5) is 10.1 Å². The Morgan fingerprint density at radius 3 is 2.16 bits per heavy atom. The maximum absolute atomic E-state index is 13.4. The van der Waals surface area contributed by atoms with E-state index in [2.05, 4.69) is 5.32 Å². The normalized spacial score (nSPS) is 11.1. The molecule has 0 saturated carbocycles. The van der Waals surface area contributed by atoms with E-state index in [1.165, 1.54) is 43.5 Å². The summed E-state index contributed by atoms with van der Waals surface area (Å²) in [4.78, 5) is 12.6. The molecule has 0 aliphatic rings. The molecule has 1 amide bonds. The number of methoxy groups -OCH3 is 1. The van der Waals surface area contributed by atoms with Crippen LogP contribution < -0.4 is 14.4 Å². The molecule has 0 atom stereocenters. The monoisotopic (exact) mass is 442 g/mol. The molecule has 0 bridgehead atoms. The van der Waals surface area contributed by atoms with Crippen LogP contribution in [0.15, 0.2) is 77.7 Å². The van der Waals surface area contributed by atoms with Gasteiger partial charge >= 0.3 is 0 Å². The van der Waals surface area contributed by atoms with Crippen LogP contribution in [0.1, 0.15) is 11.1 Å². The van der Waals surface area contributed by atoms with Crippen molar-refractivity contribution in [2.75, 3.05) is 18.0 Å². The van der Waals surface area contributed by atoms with Crippen LogP contribution >= 0.6 is 0 Å². The molecule has 0 heterocycles. The maximum atomic E-state index is 13.4. The van der Waals surface area contributed by atoms with Crippen molar-refractivity contribution in [1.82, 2.24) is 5.32 Å². The highest BCUT2D eigenvalue weighted by Gasteiger charge is 2.27. The molecular weight excluding hydrogens is 419 g/mol. The van der Waals surface area contributed by atoms with E-state index in [4.69, 9.17) is 4.74 Å². The molecule has 0 unspecified atom stereocenters. The highest BCUT2D eigenvalue weighted by atomic mass is 32.2. The van der Waals surface area contributed by atoms with E-state index >= 15 is 0 Å². The van der Waals surface area contributed by atoms with Gasteiger partial charge in [-0.1, -0.05) is 29.8 Å². The number of carbonyl (C=O) groups is 1. The second-order valence-corrected chi connectivity index (χ2v) is 8.79. The number of nitrogens with zero attached hydrogens (tertiary/aromatic N) is 1. The van der Waals surface area contributed by atoms with Crippen LogP contribution in [0, 0.1) is 12.7 Å². The highest BCUT2D eigenvalue weighted by Crippen LogP contribution is 2.25. The van der Waals surface area contributed by atoms with Crippen LogP contribution in [-0.4, -0.2) is 28.0 Å². The van der Waals surface area contributed by atoms with E-state index in [0.29, 0.717) is 5.75 Å². The lowest BCUT2D eigenvalue weighted by Crippen LogP contribution is -2.40.